The van der Waals surface area contributed by atoms with Crippen molar-refractivity contribution in [2.75, 3.05) is 5.32 Å². The number of nitrogens with zero attached hydrogens (tertiary/aromatic N) is 1. The Hall–Kier alpha value is -2.50. The molecular formula is C26H22Br2N2O. The average Bonchev–Trinajstić information content (AvgIpc) is 2.72. The maximum Gasteiger partial charge on any atom is 0.256 e. The number of benzene rings is 3. The highest BCUT2D eigenvalue weighted by Gasteiger charge is 2.17. The first-order valence-electron chi connectivity index (χ1n) is 9.99. The second kappa shape index (κ2) is 8.56. The molecule has 31 heavy (non-hydrogen) atoms. The molecule has 4 rings (SSSR count). The van der Waals surface area contributed by atoms with E-state index in [1.807, 2.05) is 76.2 Å². The summed E-state index contributed by atoms with van der Waals surface area (Å²) in [4.78, 5) is 18.3. The Morgan fingerprint density at radius 3 is 2.13 bits per heavy atom. The third kappa shape index (κ3) is 4.43. The molecule has 0 aliphatic carbocycles. The lowest BCUT2D eigenvalue weighted by molar-refractivity contribution is 0.102. The number of amides is 1. The van der Waals surface area contributed by atoms with Gasteiger partial charge in [-0.05, 0) is 80.8 Å². The van der Waals surface area contributed by atoms with Gasteiger partial charge < -0.3 is 5.32 Å². The zero-order valence-corrected chi connectivity index (χ0v) is 21.0. The minimum Gasteiger partial charge on any atom is -0.322 e. The maximum absolute atomic E-state index is 13.4. The molecule has 3 aromatic carbocycles. The second-order valence-corrected chi connectivity index (χ2v) is 9.63. The topological polar surface area (TPSA) is 42.0 Å². The van der Waals surface area contributed by atoms with Crippen LogP contribution in [-0.2, 0) is 0 Å². The van der Waals surface area contributed by atoms with E-state index in [1.54, 1.807) is 0 Å². The second-order valence-electron chi connectivity index (χ2n) is 7.92. The minimum absolute atomic E-state index is 0.142. The highest BCUT2D eigenvalue weighted by molar-refractivity contribution is 9.10. The van der Waals surface area contributed by atoms with Crippen molar-refractivity contribution in [2.45, 2.75) is 27.7 Å². The number of aryl methyl sites for hydroxylation is 4. The summed E-state index contributed by atoms with van der Waals surface area (Å²) in [5.41, 5.74) is 8.31. The van der Waals surface area contributed by atoms with E-state index in [-0.39, 0.29) is 5.91 Å². The van der Waals surface area contributed by atoms with E-state index in [4.69, 9.17) is 4.98 Å². The molecule has 0 saturated carbocycles. The Kier molecular flexibility index (Phi) is 6.00. The highest BCUT2D eigenvalue weighted by Crippen LogP contribution is 2.30. The largest absolute Gasteiger partial charge is 0.322 e. The van der Waals surface area contributed by atoms with Gasteiger partial charge in [-0.2, -0.15) is 0 Å². The number of anilines is 1. The summed E-state index contributed by atoms with van der Waals surface area (Å²) >= 11 is 7.07. The molecule has 1 amide bonds. The van der Waals surface area contributed by atoms with Crippen LogP contribution >= 0.6 is 31.9 Å². The smallest absolute Gasteiger partial charge is 0.256 e. The molecule has 0 saturated heterocycles. The minimum atomic E-state index is -0.142. The number of hydrogen-bond donors (Lipinski definition) is 1. The number of carbonyl (C=O) groups is 1. The summed E-state index contributed by atoms with van der Waals surface area (Å²) in [6.07, 6.45) is 0. The predicted molar refractivity (Wildman–Crippen MR) is 136 cm³/mol. The monoisotopic (exact) mass is 536 g/mol. The summed E-state index contributed by atoms with van der Waals surface area (Å²) < 4.78 is 2.06. The van der Waals surface area contributed by atoms with E-state index in [1.165, 1.54) is 0 Å². The lowest BCUT2D eigenvalue weighted by Gasteiger charge is -2.14. The quantitative estimate of drug-likeness (QED) is 0.288. The molecule has 0 unspecified atom stereocenters. The predicted octanol–water partition coefficient (Wildman–Crippen LogP) is 7.91. The van der Waals surface area contributed by atoms with Crippen LogP contribution in [0.15, 0.2) is 63.5 Å². The van der Waals surface area contributed by atoms with Crippen LogP contribution in [0.4, 0.5) is 5.69 Å². The van der Waals surface area contributed by atoms with Crippen LogP contribution in [0.2, 0.25) is 0 Å². The molecule has 1 N–H and O–H groups in total. The first-order chi connectivity index (χ1) is 14.7. The molecule has 3 nitrogen and oxygen atoms in total. The first kappa shape index (κ1) is 21.7. The molecule has 0 radical (unpaired) electrons. The third-order valence-electron chi connectivity index (χ3n) is 5.33. The summed E-state index contributed by atoms with van der Waals surface area (Å²) in [5.74, 6) is -0.142. The van der Waals surface area contributed by atoms with Gasteiger partial charge in [0.2, 0.25) is 0 Å². The van der Waals surface area contributed by atoms with Crippen LogP contribution in [0.5, 0.6) is 0 Å². The normalized spacial score (nSPS) is 11.0. The molecular weight excluding hydrogens is 516 g/mol. The fraction of sp³-hybridized carbons (Fsp3) is 0.154. The van der Waals surface area contributed by atoms with Crippen molar-refractivity contribution in [1.29, 1.82) is 0 Å². The Morgan fingerprint density at radius 1 is 0.839 bits per heavy atom. The van der Waals surface area contributed by atoms with E-state index < -0.39 is 0 Å². The molecule has 1 aromatic heterocycles. The van der Waals surface area contributed by atoms with Crippen LogP contribution in [0.1, 0.15) is 32.6 Å². The number of carbonyl (C=O) groups excluding carboxylic acids is 1. The van der Waals surface area contributed by atoms with Gasteiger partial charge in [0.05, 0.1) is 16.8 Å². The van der Waals surface area contributed by atoms with Crippen LogP contribution in [0.3, 0.4) is 0 Å². The maximum atomic E-state index is 13.4. The van der Waals surface area contributed by atoms with Gasteiger partial charge >= 0.3 is 0 Å². The third-order valence-corrected chi connectivity index (χ3v) is 7.11. The van der Waals surface area contributed by atoms with Gasteiger partial charge in [-0.15, -0.1) is 0 Å². The summed E-state index contributed by atoms with van der Waals surface area (Å²) in [7, 11) is 0. The van der Waals surface area contributed by atoms with Crippen LogP contribution in [0.25, 0.3) is 22.2 Å². The van der Waals surface area contributed by atoms with Crippen LogP contribution < -0.4 is 5.32 Å². The van der Waals surface area contributed by atoms with Gasteiger partial charge in [-0.3, -0.25) is 4.79 Å². The number of nitrogens with one attached hydrogen (secondary N) is 1. The molecule has 5 heteroatoms. The van der Waals surface area contributed by atoms with E-state index in [2.05, 4.69) is 43.2 Å². The van der Waals surface area contributed by atoms with Crippen molar-refractivity contribution in [3.63, 3.8) is 0 Å². The number of aromatic nitrogens is 1. The summed E-state index contributed by atoms with van der Waals surface area (Å²) in [6, 6.07) is 18.0. The van der Waals surface area contributed by atoms with Crippen molar-refractivity contribution in [2.24, 2.45) is 0 Å². The zero-order valence-electron chi connectivity index (χ0n) is 17.8. The standard InChI is InChI=1S/C26H22Br2N2O/c1-14-9-17(4)25-21(10-14)22(13-23(30-25)18-5-7-19(27)8-6-18)26(31)29-20-11-15(2)24(28)16(3)12-20/h5-13H,1-4H3,(H,29,31). The van der Waals surface area contributed by atoms with Gasteiger partial charge in [0.1, 0.15) is 0 Å². The van der Waals surface area contributed by atoms with E-state index in [0.29, 0.717) is 5.56 Å². The zero-order chi connectivity index (χ0) is 22.3. The van der Waals surface area contributed by atoms with Gasteiger partial charge in [0.15, 0.2) is 0 Å². The van der Waals surface area contributed by atoms with Gasteiger partial charge in [0.25, 0.3) is 5.91 Å². The number of halogens is 2. The molecule has 0 aliphatic heterocycles. The SMILES string of the molecule is Cc1cc(C)c2nc(-c3ccc(Br)cc3)cc(C(=O)Nc3cc(C)c(Br)c(C)c3)c2c1. The van der Waals surface area contributed by atoms with Crippen molar-refractivity contribution >= 4 is 54.4 Å². The highest BCUT2D eigenvalue weighted by atomic mass is 79.9. The van der Waals surface area contributed by atoms with Crippen molar-refractivity contribution in [3.8, 4) is 11.3 Å². The fourth-order valence-electron chi connectivity index (χ4n) is 3.85. The fourth-order valence-corrected chi connectivity index (χ4v) is 4.35. The van der Waals surface area contributed by atoms with Crippen LogP contribution in [0, 0.1) is 27.7 Å². The molecule has 156 valence electrons. The Balaban J connectivity index is 1.86. The van der Waals surface area contributed by atoms with Gasteiger partial charge in [-0.1, -0.05) is 55.6 Å². The van der Waals surface area contributed by atoms with Crippen molar-refractivity contribution < 1.29 is 4.79 Å². The molecule has 1 heterocycles. The van der Waals surface area contributed by atoms with E-state index in [0.717, 1.165) is 59.0 Å². The molecule has 0 bridgehead atoms. The van der Waals surface area contributed by atoms with Crippen LogP contribution in [-0.4, -0.2) is 10.9 Å². The van der Waals surface area contributed by atoms with Crippen molar-refractivity contribution in [3.05, 3.63) is 91.4 Å². The van der Waals surface area contributed by atoms with Gasteiger partial charge in [-0.25, -0.2) is 4.98 Å². The Bertz CT molecular complexity index is 1300. The van der Waals surface area contributed by atoms with Gasteiger partial charge in [0, 0.05) is 25.6 Å². The number of hydrogen-bond acceptors (Lipinski definition) is 2. The molecule has 4 aromatic rings. The first-order valence-corrected chi connectivity index (χ1v) is 11.6. The average molecular weight is 538 g/mol. The Morgan fingerprint density at radius 2 is 1.48 bits per heavy atom. The number of pyridine rings is 1. The lowest BCUT2D eigenvalue weighted by Crippen LogP contribution is -2.14. The molecule has 0 spiro atoms. The molecule has 0 fully saturated rings. The van der Waals surface area contributed by atoms with E-state index >= 15 is 0 Å². The Labute approximate surface area is 199 Å². The molecule has 0 aliphatic rings. The summed E-state index contributed by atoms with van der Waals surface area (Å²) in [5, 5.41) is 3.95. The number of fused-ring (bicyclic) bond motifs is 1. The lowest BCUT2D eigenvalue weighted by atomic mass is 9.99. The van der Waals surface area contributed by atoms with E-state index in [9.17, 15) is 4.79 Å². The number of rotatable bonds is 3. The molecule has 0 atom stereocenters. The summed E-state index contributed by atoms with van der Waals surface area (Å²) in [6.45, 7) is 8.12. The van der Waals surface area contributed by atoms with Crippen molar-refractivity contribution in [1.82, 2.24) is 4.98 Å².